The zero-order chi connectivity index (χ0) is 12.3. The number of thioether (sulfide) groups is 1. The van der Waals surface area contributed by atoms with Crippen LogP contribution in [-0.4, -0.2) is 4.98 Å². The number of hydrogen-bond donors (Lipinski definition) is 0. The van der Waals surface area contributed by atoms with Gasteiger partial charge in [-0.25, -0.2) is 4.98 Å². The predicted molar refractivity (Wildman–Crippen MR) is 78.3 cm³/mol. The standard InChI is InChI=1S/C12H11Cl2NS2/c1-8-15-9(6-17-8)5-16-7-10-11(13)3-2-4-12(10)14/h2-4,6H,5,7H2,1H3. The van der Waals surface area contributed by atoms with Crippen LogP contribution in [-0.2, 0) is 11.5 Å². The van der Waals surface area contributed by atoms with Crippen molar-refractivity contribution in [3.63, 3.8) is 0 Å². The summed E-state index contributed by atoms with van der Waals surface area (Å²) >= 11 is 15.7. The fourth-order valence-electron chi connectivity index (χ4n) is 1.40. The Balaban J connectivity index is 1.94. The maximum absolute atomic E-state index is 6.10. The maximum atomic E-state index is 6.10. The van der Waals surface area contributed by atoms with Gasteiger partial charge >= 0.3 is 0 Å². The van der Waals surface area contributed by atoms with E-state index in [-0.39, 0.29) is 0 Å². The lowest BCUT2D eigenvalue weighted by Gasteiger charge is -2.05. The molecule has 0 aliphatic heterocycles. The number of nitrogens with zero attached hydrogens (tertiary/aromatic N) is 1. The molecule has 0 saturated carbocycles. The molecule has 0 aliphatic carbocycles. The Kier molecular flexibility index (Phi) is 4.74. The van der Waals surface area contributed by atoms with Gasteiger partial charge in [0.25, 0.3) is 0 Å². The number of halogens is 2. The Morgan fingerprint density at radius 1 is 1.24 bits per heavy atom. The predicted octanol–water partition coefficient (Wildman–Crippen LogP) is 5.19. The molecule has 0 spiro atoms. The lowest BCUT2D eigenvalue weighted by atomic mass is 10.2. The van der Waals surface area contributed by atoms with Crippen LogP contribution in [0.25, 0.3) is 0 Å². The lowest BCUT2D eigenvalue weighted by molar-refractivity contribution is 1.18. The van der Waals surface area contributed by atoms with Gasteiger partial charge in [-0.05, 0) is 24.6 Å². The number of rotatable bonds is 4. The summed E-state index contributed by atoms with van der Waals surface area (Å²) < 4.78 is 0. The average molecular weight is 304 g/mol. The third-order valence-corrected chi connectivity index (χ3v) is 4.75. The molecule has 0 amide bonds. The third kappa shape index (κ3) is 3.62. The molecule has 0 unspecified atom stereocenters. The maximum Gasteiger partial charge on any atom is 0.0897 e. The number of aromatic nitrogens is 1. The quantitative estimate of drug-likeness (QED) is 0.771. The van der Waals surface area contributed by atoms with E-state index in [9.17, 15) is 0 Å². The number of hydrogen-bond acceptors (Lipinski definition) is 3. The molecule has 17 heavy (non-hydrogen) atoms. The second-order valence-electron chi connectivity index (χ2n) is 3.55. The third-order valence-electron chi connectivity index (χ3n) is 2.22. The van der Waals surface area contributed by atoms with Gasteiger partial charge in [0, 0.05) is 26.9 Å². The summed E-state index contributed by atoms with van der Waals surface area (Å²) in [5.74, 6) is 1.71. The fraction of sp³-hybridized carbons (Fsp3) is 0.250. The Hall–Kier alpha value is -0.220. The smallest absolute Gasteiger partial charge is 0.0897 e. The highest BCUT2D eigenvalue weighted by Gasteiger charge is 2.06. The topological polar surface area (TPSA) is 12.9 Å². The fourth-order valence-corrected chi connectivity index (χ4v) is 3.78. The first-order valence-electron chi connectivity index (χ1n) is 5.08. The van der Waals surface area contributed by atoms with Crippen molar-refractivity contribution in [2.45, 2.75) is 18.4 Å². The number of benzene rings is 1. The van der Waals surface area contributed by atoms with Crippen LogP contribution in [0.5, 0.6) is 0 Å². The van der Waals surface area contributed by atoms with Crippen molar-refractivity contribution in [2.24, 2.45) is 0 Å². The molecular formula is C12H11Cl2NS2. The van der Waals surface area contributed by atoms with Gasteiger partial charge in [-0.2, -0.15) is 11.8 Å². The van der Waals surface area contributed by atoms with Crippen LogP contribution >= 0.6 is 46.3 Å². The Labute approximate surface area is 119 Å². The van der Waals surface area contributed by atoms with E-state index in [1.807, 2.05) is 25.1 Å². The first-order chi connectivity index (χ1) is 8.16. The average Bonchev–Trinajstić information content (AvgIpc) is 2.69. The van der Waals surface area contributed by atoms with Gasteiger partial charge in [-0.1, -0.05) is 29.3 Å². The van der Waals surface area contributed by atoms with Gasteiger partial charge in [0.2, 0.25) is 0 Å². The Morgan fingerprint density at radius 3 is 2.53 bits per heavy atom. The van der Waals surface area contributed by atoms with E-state index in [0.29, 0.717) is 0 Å². The molecule has 0 atom stereocenters. The van der Waals surface area contributed by atoms with Gasteiger partial charge in [-0.3, -0.25) is 0 Å². The summed E-state index contributed by atoms with van der Waals surface area (Å²) in [5, 5.41) is 4.67. The van der Waals surface area contributed by atoms with Crippen LogP contribution in [0, 0.1) is 6.92 Å². The van der Waals surface area contributed by atoms with Crippen LogP contribution in [0.2, 0.25) is 10.0 Å². The van der Waals surface area contributed by atoms with E-state index in [0.717, 1.165) is 37.8 Å². The molecule has 0 N–H and O–H groups in total. The lowest BCUT2D eigenvalue weighted by Crippen LogP contribution is -1.87. The minimum absolute atomic E-state index is 0.736. The van der Waals surface area contributed by atoms with Crippen LogP contribution in [0.1, 0.15) is 16.3 Å². The summed E-state index contributed by atoms with van der Waals surface area (Å²) in [6, 6.07) is 5.61. The van der Waals surface area contributed by atoms with Crippen molar-refractivity contribution in [2.75, 3.05) is 0 Å². The zero-order valence-electron chi connectivity index (χ0n) is 9.24. The van der Waals surface area contributed by atoms with E-state index < -0.39 is 0 Å². The second-order valence-corrected chi connectivity index (χ2v) is 6.41. The molecule has 1 aromatic carbocycles. The highest BCUT2D eigenvalue weighted by Crippen LogP contribution is 2.29. The van der Waals surface area contributed by atoms with Crippen molar-refractivity contribution in [1.29, 1.82) is 0 Å². The number of aryl methyl sites for hydroxylation is 1. The van der Waals surface area contributed by atoms with E-state index in [1.165, 1.54) is 0 Å². The van der Waals surface area contributed by atoms with Crippen LogP contribution in [0.15, 0.2) is 23.6 Å². The zero-order valence-corrected chi connectivity index (χ0v) is 12.4. The minimum atomic E-state index is 0.736. The van der Waals surface area contributed by atoms with E-state index >= 15 is 0 Å². The molecular weight excluding hydrogens is 293 g/mol. The van der Waals surface area contributed by atoms with Gasteiger partial charge < -0.3 is 0 Å². The summed E-state index contributed by atoms with van der Waals surface area (Å²) in [6.45, 7) is 2.02. The molecule has 0 fully saturated rings. The molecule has 1 heterocycles. The van der Waals surface area contributed by atoms with Gasteiger partial charge in [0.1, 0.15) is 0 Å². The molecule has 0 bridgehead atoms. The van der Waals surface area contributed by atoms with Crippen molar-refractivity contribution >= 4 is 46.3 Å². The molecule has 0 radical (unpaired) electrons. The summed E-state index contributed by atoms with van der Waals surface area (Å²) in [6.07, 6.45) is 0. The molecule has 0 saturated heterocycles. The van der Waals surface area contributed by atoms with Gasteiger partial charge in [-0.15, -0.1) is 11.3 Å². The van der Waals surface area contributed by atoms with Crippen LogP contribution < -0.4 is 0 Å². The largest absolute Gasteiger partial charge is 0.246 e. The van der Waals surface area contributed by atoms with E-state index in [4.69, 9.17) is 23.2 Å². The van der Waals surface area contributed by atoms with Crippen molar-refractivity contribution in [3.05, 3.63) is 49.9 Å². The van der Waals surface area contributed by atoms with E-state index in [1.54, 1.807) is 23.1 Å². The summed E-state index contributed by atoms with van der Waals surface area (Å²) in [4.78, 5) is 4.42. The number of thiazole rings is 1. The van der Waals surface area contributed by atoms with Gasteiger partial charge in [0.05, 0.1) is 10.7 Å². The second kappa shape index (κ2) is 6.10. The first-order valence-corrected chi connectivity index (χ1v) is 7.87. The van der Waals surface area contributed by atoms with Gasteiger partial charge in [0.15, 0.2) is 0 Å². The molecule has 0 aliphatic rings. The monoisotopic (exact) mass is 303 g/mol. The molecule has 5 heteroatoms. The summed E-state index contributed by atoms with van der Waals surface area (Å²) in [5.41, 5.74) is 2.13. The van der Waals surface area contributed by atoms with Crippen molar-refractivity contribution in [1.82, 2.24) is 4.98 Å². The van der Waals surface area contributed by atoms with Crippen LogP contribution in [0.4, 0.5) is 0 Å². The highest BCUT2D eigenvalue weighted by molar-refractivity contribution is 7.97. The molecule has 1 aromatic heterocycles. The summed E-state index contributed by atoms with van der Waals surface area (Å²) in [7, 11) is 0. The Morgan fingerprint density at radius 2 is 1.94 bits per heavy atom. The van der Waals surface area contributed by atoms with Crippen molar-refractivity contribution < 1.29 is 0 Å². The first kappa shape index (κ1) is 13.2. The van der Waals surface area contributed by atoms with Crippen molar-refractivity contribution in [3.8, 4) is 0 Å². The van der Waals surface area contributed by atoms with E-state index in [2.05, 4.69) is 10.4 Å². The molecule has 1 nitrogen and oxygen atoms in total. The Bertz CT molecular complexity index is 491. The molecule has 2 aromatic rings. The highest BCUT2D eigenvalue weighted by atomic mass is 35.5. The molecule has 2 rings (SSSR count). The molecule has 90 valence electrons. The normalized spacial score (nSPS) is 10.8. The SMILES string of the molecule is Cc1nc(CSCc2c(Cl)cccc2Cl)cs1. The van der Waals surface area contributed by atoms with Crippen LogP contribution in [0.3, 0.4) is 0 Å². The minimum Gasteiger partial charge on any atom is -0.246 e.